The van der Waals surface area contributed by atoms with E-state index < -0.39 is 0 Å². The average molecular weight is 315 g/mol. The molecule has 3 nitrogen and oxygen atoms in total. The lowest BCUT2D eigenvalue weighted by Crippen LogP contribution is -2.29. The summed E-state index contributed by atoms with van der Waals surface area (Å²) >= 11 is 11.9. The van der Waals surface area contributed by atoms with Crippen LogP contribution < -0.4 is 10.6 Å². The molecule has 110 valence electrons. The number of hydrogen-bond donors (Lipinski definition) is 2. The molecule has 1 amide bonds. The Morgan fingerprint density at radius 2 is 2.05 bits per heavy atom. The van der Waals surface area contributed by atoms with E-state index in [0.717, 1.165) is 25.1 Å². The van der Waals surface area contributed by atoms with Crippen molar-refractivity contribution in [1.82, 2.24) is 10.6 Å². The minimum Gasteiger partial charge on any atom is -0.352 e. The van der Waals surface area contributed by atoms with E-state index in [1.54, 1.807) is 12.1 Å². The molecule has 0 atom stereocenters. The third kappa shape index (κ3) is 4.97. The second-order valence-corrected chi connectivity index (χ2v) is 6.09. The number of halogens is 2. The first kappa shape index (κ1) is 15.6. The summed E-state index contributed by atoms with van der Waals surface area (Å²) in [5.74, 6) is 0.774. The highest BCUT2D eigenvalue weighted by molar-refractivity contribution is 6.35. The van der Waals surface area contributed by atoms with Gasteiger partial charge in [0.25, 0.3) is 0 Å². The van der Waals surface area contributed by atoms with Gasteiger partial charge in [-0.05, 0) is 56.0 Å². The van der Waals surface area contributed by atoms with E-state index in [2.05, 4.69) is 10.6 Å². The fraction of sp³-hybridized carbons (Fsp3) is 0.533. The molecule has 5 heteroatoms. The summed E-state index contributed by atoms with van der Waals surface area (Å²) < 4.78 is 0. The van der Waals surface area contributed by atoms with Crippen molar-refractivity contribution in [1.29, 1.82) is 0 Å². The van der Waals surface area contributed by atoms with Crippen molar-refractivity contribution in [2.45, 2.75) is 32.2 Å². The smallest absolute Gasteiger partial charge is 0.220 e. The van der Waals surface area contributed by atoms with E-state index in [-0.39, 0.29) is 5.91 Å². The van der Waals surface area contributed by atoms with Crippen LogP contribution >= 0.6 is 23.2 Å². The van der Waals surface area contributed by atoms with Gasteiger partial charge in [-0.2, -0.15) is 0 Å². The zero-order valence-corrected chi connectivity index (χ0v) is 12.9. The molecule has 0 unspecified atom stereocenters. The van der Waals surface area contributed by atoms with Crippen LogP contribution in [-0.2, 0) is 11.3 Å². The molecule has 0 saturated carbocycles. The molecular weight excluding hydrogens is 295 g/mol. The first-order chi connectivity index (χ1) is 9.65. The predicted octanol–water partition coefficient (Wildman–Crippen LogP) is 3.39. The van der Waals surface area contributed by atoms with Crippen LogP contribution in [0.1, 0.15) is 31.2 Å². The summed E-state index contributed by atoms with van der Waals surface area (Å²) in [4.78, 5) is 11.8. The van der Waals surface area contributed by atoms with Crippen LogP contribution in [0.2, 0.25) is 10.0 Å². The summed E-state index contributed by atoms with van der Waals surface area (Å²) in [6.07, 6.45) is 3.92. The molecule has 0 bridgehead atoms. The molecule has 1 heterocycles. The largest absolute Gasteiger partial charge is 0.352 e. The third-order valence-electron chi connectivity index (χ3n) is 3.73. The van der Waals surface area contributed by atoms with Gasteiger partial charge in [0.2, 0.25) is 5.91 Å². The van der Waals surface area contributed by atoms with Crippen molar-refractivity contribution in [3.8, 4) is 0 Å². The maximum Gasteiger partial charge on any atom is 0.220 e. The third-order valence-corrected chi connectivity index (χ3v) is 4.32. The van der Waals surface area contributed by atoms with Gasteiger partial charge in [-0.1, -0.05) is 29.3 Å². The summed E-state index contributed by atoms with van der Waals surface area (Å²) in [6.45, 7) is 2.61. The summed E-state index contributed by atoms with van der Waals surface area (Å²) in [6, 6.07) is 5.32. The van der Waals surface area contributed by atoms with Crippen LogP contribution in [0.25, 0.3) is 0 Å². The lowest BCUT2D eigenvalue weighted by Gasteiger charge is -2.22. The summed E-state index contributed by atoms with van der Waals surface area (Å²) in [5, 5.41) is 7.45. The molecule has 1 aromatic rings. The second kappa shape index (κ2) is 7.87. The van der Waals surface area contributed by atoms with Crippen molar-refractivity contribution < 1.29 is 4.79 Å². The first-order valence-corrected chi connectivity index (χ1v) is 7.82. The number of nitrogens with one attached hydrogen (secondary N) is 2. The summed E-state index contributed by atoms with van der Waals surface area (Å²) in [5.41, 5.74) is 0.895. The van der Waals surface area contributed by atoms with Gasteiger partial charge in [0, 0.05) is 23.0 Å². The Labute approximate surface area is 130 Å². The molecule has 0 aliphatic carbocycles. The number of piperidine rings is 1. The lowest BCUT2D eigenvalue weighted by atomic mass is 9.93. The fourth-order valence-electron chi connectivity index (χ4n) is 2.45. The molecule has 1 aromatic carbocycles. The van der Waals surface area contributed by atoms with E-state index >= 15 is 0 Å². The molecule has 1 saturated heterocycles. The van der Waals surface area contributed by atoms with Gasteiger partial charge in [0.15, 0.2) is 0 Å². The zero-order valence-electron chi connectivity index (χ0n) is 11.4. The maximum atomic E-state index is 11.8. The Kier molecular flexibility index (Phi) is 6.14. The highest BCUT2D eigenvalue weighted by atomic mass is 35.5. The quantitative estimate of drug-likeness (QED) is 0.874. The van der Waals surface area contributed by atoms with Gasteiger partial charge < -0.3 is 10.6 Å². The maximum absolute atomic E-state index is 11.8. The highest BCUT2D eigenvalue weighted by Crippen LogP contribution is 2.21. The van der Waals surface area contributed by atoms with Gasteiger partial charge in [-0.25, -0.2) is 0 Å². The van der Waals surface area contributed by atoms with Gasteiger partial charge in [0.1, 0.15) is 0 Å². The van der Waals surface area contributed by atoms with Gasteiger partial charge in [-0.15, -0.1) is 0 Å². The minimum absolute atomic E-state index is 0.0922. The molecule has 0 spiro atoms. The zero-order chi connectivity index (χ0) is 14.4. The number of rotatable bonds is 5. The molecule has 2 N–H and O–H groups in total. The Hall–Kier alpha value is -0.770. The van der Waals surface area contributed by atoms with Gasteiger partial charge in [-0.3, -0.25) is 4.79 Å². The van der Waals surface area contributed by atoms with Crippen LogP contribution in [-0.4, -0.2) is 19.0 Å². The van der Waals surface area contributed by atoms with Crippen LogP contribution in [0, 0.1) is 5.92 Å². The highest BCUT2D eigenvalue weighted by Gasteiger charge is 2.14. The molecule has 1 fully saturated rings. The Balaban J connectivity index is 1.71. The molecular formula is C15H20Cl2N2O. The van der Waals surface area contributed by atoms with Crippen molar-refractivity contribution in [3.63, 3.8) is 0 Å². The van der Waals surface area contributed by atoms with Crippen molar-refractivity contribution in [2.75, 3.05) is 13.1 Å². The van der Waals surface area contributed by atoms with Crippen LogP contribution in [0.3, 0.4) is 0 Å². The van der Waals surface area contributed by atoms with E-state index in [1.807, 2.05) is 6.07 Å². The van der Waals surface area contributed by atoms with Crippen LogP contribution in [0.4, 0.5) is 0 Å². The van der Waals surface area contributed by atoms with E-state index in [9.17, 15) is 4.79 Å². The van der Waals surface area contributed by atoms with Crippen LogP contribution in [0.15, 0.2) is 18.2 Å². The minimum atomic E-state index is 0.0922. The van der Waals surface area contributed by atoms with E-state index in [1.165, 1.54) is 12.8 Å². The van der Waals surface area contributed by atoms with Gasteiger partial charge >= 0.3 is 0 Å². The number of hydrogen-bond acceptors (Lipinski definition) is 2. The lowest BCUT2D eigenvalue weighted by molar-refractivity contribution is -0.121. The van der Waals surface area contributed by atoms with Crippen molar-refractivity contribution in [2.24, 2.45) is 5.92 Å². The topological polar surface area (TPSA) is 41.1 Å². The SMILES string of the molecule is O=C(CCC1CCNCC1)NCc1ccc(Cl)cc1Cl. The molecule has 0 radical (unpaired) electrons. The predicted molar refractivity (Wildman–Crippen MR) is 83.1 cm³/mol. The summed E-state index contributed by atoms with van der Waals surface area (Å²) in [7, 11) is 0. The molecule has 0 aromatic heterocycles. The Morgan fingerprint density at radius 1 is 1.30 bits per heavy atom. The van der Waals surface area contributed by atoms with Gasteiger partial charge in [0.05, 0.1) is 0 Å². The number of benzene rings is 1. The number of amides is 1. The first-order valence-electron chi connectivity index (χ1n) is 7.06. The fourth-order valence-corrected chi connectivity index (χ4v) is 2.93. The standard InChI is InChI=1S/C15H20Cl2N2O/c16-13-3-2-12(14(17)9-13)10-19-15(20)4-1-11-5-7-18-8-6-11/h2-3,9,11,18H,1,4-8,10H2,(H,19,20). The van der Waals surface area contributed by atoms with Crippen molar-refractivity contribution in [3.05, 3.63) is 33.8 Å². The monoisotopic (exact) mass is 314 g/mol. The Bertz CT molecular complexity index is 459. The van der Waals surface area contributed by atoms with Crippen molar-refractivity contribution >= 4 is 29.1 Å². The average Bonchev–Trinajstić information content (AvgIpc) is 2.45. The second-order valence-electron chi connectivity index (χ2n) is 5.24. The van der Waals surface area contributed by atoms with E-state index in [4.69, 9.17) is 23.2 Å². The normalized spacial score (nSPS) is 16.1. The van der Waals surface area contributed by atoms with Crippen LogP contribution in [0.5, 0.6) is 0 Å². The number of carbonyl (C=O) groups excluding carboxylic acids is 1. The van der Waals surface area contributed by atoms with E-state index in [0.29, 0.717) is 28.9 Å². The molecule has 20 heavy (non-hydrogen) atoms. The molecule has 1 aliphatic heterocycles. The molecule has 2 rings (SSSR count). The molecule has 1 aliphatic rings. The number of carbonyl (C=O) groups is 1. The Morgan fingerprint density at radius 3 is 2.75 bits per heavy atom.